The third-order valence-corrected chi connectivity index (χ3v) is 2.51. The summed E-state index contributed by atoms with van der Waals surface area (Å²) in [6, 6.07) is 0. The van der Waals surface area contributed by atoms with Crippen molar-refractivity contribution in [3.05, 3.63) is 17.1 Å². The molecule has 0 unspecified atom stereocenters. The van der Waals surface area contributed by atoms with Gasteiger partial charge in [-0.05, 0) is 6.92 Å². The number of hydrogen-bond acceptors (Lipinski definition) is 10. The third kappa shape index (κ3) is 3.16. The van der Waals surface area contributed by atoms with Gasteiger partial charge in [-0.15, -0.1) is 0 Å². The summed E-state index contributed by atoms with van der Waals surface area (Å²) in [5.74, 6) is -0.125. The number of carbonyl (C=O) groups excluding carboxylic acids is 1. The highest BCUT2D eigenvalue weighted by Crippen LogP contribution is 2.17. The Morgan fingerprint density at radius 3 is 2.57 bits per heavy atom. The van der Waals surface area contributed by atoms with Crippen LogP contribution in [0.25, 0.3) is 0 Å². The summed E-state index contributed by atoms with van der Waals surface area (Å²) in [6.07, 6.45) is 0. The van der Waals surface area contributed by atoms with E-state index in [9.17, 15) is 4.79 Å². The zero-order chi connectivity index (χ0) is 15.6. The van der Waals surface area contributed by atoms with Crippen LogP contribution in [0.1, 0.15) is 21.9 Å². The van der Waals surface area contributed by atoms with Crippen LogP contribution in [0.5, 0.6) is 0 Å². The molecule has 0 saturated carbocycles. The normalized spacial score (nSPS) is 10.4. The summed E-state index contributed by atoms with van der Waals surface area (Å²) >= 11 is 0. The number of nitrogen functional groups attached to an aromatic ring is 2. The van der Waals surface area contributed by atoms with Crippen LogP contribution in [0.3, 0.4) is 0 Å². The zero-order valence-corrected chi connectivity index (χ0v) is 11.8. The van der Waals surface area contributed by atoms with Crippen LogP contribution in [-0.2, 0) is 11.3 Å². The second kappa shape index (κ2) is 5.61. The molecule has 0 spiro atoms. The standard InChI is InChI=1S/C11H15N7O3/c1-5-7(8(12)21-17-5)9(19)20-4-6-14-10(13)16-11(15-6)18(2)3/h4,12H2,1-3H3,(H2,13,14,15,16). The minimum Gasteiger partial charge on any atom is -0.454 e. The van der Waals surface area contributed by atoms with E-state index in [-0.39, 0.29) is 29.8 Å². The Kier molecular flexibility index (Phi) is 3.87. The molecule has 112 valence electrons. The first kappa shape index (κ1) is 14.5. The number of aromatic nitrogens is 4. The molecule has 21 heavy (non-hydrogen) atoms. The van der Waals surface area contributed by atoms with E-state index in [0.29, 0.717) is 11.6 Å². The maximum absolute atomic E-state index is 11.9. The van der Waals surface area contributed by atoms with Crippen LogP contribution < -0.4 is 16.4 Å². The van der Waals surface area contributed by atoms with Crippen molar-refractivity contribution in [3.8, 4) is 0 Å². The number of esters is 1. The average molecular weight is 293 g/mol. The first-order valence-electron chi connectivity index (χ1n) is 5.95. The summed E-state index contributed by atoms with van der Waals surface area (Å²) in [5, 5.41) is 3.57. The number of aryl methyl sites for hydroxylation is 1. The topological polar surface area (TPSA) is 146 Å². The molecule has 0 atom stereocenters. The highest BCUT2D eigenvalue weighted by Gasteiger charge is 2.20. The number of anilines is 3. The highest BCUT2D eigenvalue weighted by molar-refractivity contribution is 5.94. The number of hydrogen-bond donors (Lipinski definition) is 2. The van der Waals surface area contributed by atoms with Gasteiger partial charge in [0.15, 0.2) is 12.4 Å². The second-order valence-corrected chi connectivity index (χ2v) is 4.39. The van der Waals surface area contributed by atoms with Gasteiger partial charge >= 0.3 is 5.97 Å². The van der Waals surface area contributed by atoms with Crippen molar-refractivity contribution in [3.63, 3.8) is 0 Å². The molecule has 4 N–H and O–H groups in total. The molecule has 10 nitrogen and oxygen atoms in total. The minimum atomic E-state index is -0.670. The first-order chi connectivity index (χ1) is 9.88. The molecule has 0 saturated heterocycles. The Morgan fingerprint density at radius 2 is 2.00 bits per heavy atom. The van der Waals surface area contributed by atoms with E-state index in [2.05, 4.69) is 20.1 Å². The van der Waals surface area contributed by atoms with Gasteiger partial charge in [0.1, 0.15) is 5.56 Å². The molecule has 0 aliphatic carbocycles. The molecule has 2 heterocycles. The van der Waals surface area contributed by atoms with Crippen LogP contribution in [-0.4, -0.2) is 40.2 Å². The quantitative estimate of drug-likeness (QED) is 0.723. The van der Waals surface area contributed by atoms with E-state index >= 15 is 0 Å². The van der Waals surface area contributed by atoms with Gasteiger partial charge < -0.3 is 25.6 Å². The number of carbonyl (C=O) groups is 1. The minimum absolute atomic E-state index is 0.0421. The van der Waals surface area contributed by atoms with Gasteiger partial charge in [-0.25, -0.2) is 4.79 Å². The van der Waals surface area contributed by atoms with E-state index < -0.39 is 5.97 Å². The molecule has 0 fully saturated rings. The summed E-state index contributed by atoms with van der Waals surface area (Å²) in [6.45, 7) is 1.41. The fourth-order valence-corrected chi connectivity index (χ4v) is 1.53. The van der Waals surface area contributed by atoms with Gasteiger partial charge in [0.25, 0.3) is 0 Å². The van der Waals surface area contributed by atoms with E-state index in [1.54, 1.807) is 25.9 Å². The SMILES string of the molecule is Cc1noc(N)c1C(=O)OCc1nc(N)nc(N(C)C)n1. The van der Waals surface area contributed by atoms with Gasteiger partial charge in [-0.2, -0.15) is 15.0 Å². The Hall–Kier alpha value is -2.91. The fraction of sp³-hybridized carbons (Fsp3) is 0.364. The largest absolute Gasteiger partial charge is 0.454 e. The van der Waals surface area contributed by atoms with E-state index in [1.165, 1.54) is 0 Å². The van der Waals surface area contributed by atoms with Crippen LogP contribution in [0, 0.1) is 6.92 Å². The van der Waals surface area contributed by atoms with Crippen molar-refractivity contribution in [2.75, 3.05) is 30.5 Å². The lowest BCUT2D eigenvalue weighted by atomic mass is 10.2. The molecule has 0 aliphatic heterocycles. The smallest absolute Gasteiger partial charge is 0.346 e. The van der Waals surface area contributed by atoms with Crippen molar-refractivity contribution >= 4 is 23.8 Å². The molecule has 0 amide bonds. The highest BCUT2D eigenvalue weighted by atomic mass is 16.5. The number of nitrogens with zero attached hydrogens (tertiary/aromatic N) is 5. The Bertz CT molecular complexity index is 648. The second-order valence-electron chi connectivity index (χ2n) is 4.39. The van der Waals surface area contributed by atoms with E-state index in [0.717, 1.165) is 0 Å². The summed E-state index contributed by atoms with van der Waals surface area (Å²) in [4.78, 5) is 25.5. The number of rotatable bonds is 4. The maximum Gasteiger partial charge on any atom is 0.346 e. The molecule has 0 bridgehead atoms. The molecule has 10 heteroatoms. The fourth-order valence-electron chi connectivity index (χ4n) is 1.53. The molecule has 0 radical (unpaired) electrons. The molecule has 0 aliphatic rings. The molecule has 2 aromatic heterocycles. The van der Waals surface area contributed by atoms with Crippen molar-refractivity contribution in [2.24, 2.45) is 0 Å². The predicted molar refractivity (Wildman–Crippen MR) is 73.3 cm³/mol. The van der Waals surface area contributed by atoms with Gasteiger partial charge in [-0.1, -0.05) is 5.16 Å². The van der Waals surface area contributed by atoms with Crippen LogP contribution in [0.15, 0.2) is 4.52 Å². The van der Waals surface area contributed by atoms with Crippen molar-refractivity contribution < 1.29 is 14.1 Å². The lowest BCUT2D eigenvalue weighted by Crippen LogP contribution is -2.17. The van der Waals surface area contributed by atoms with Crippen LogP contribution in [0.4, 0.5) is 17.8 Å². The predicted octanol–water partition coefficient (Wildman–Crippen LogP) is -0.245. The first-order valence-corrected chi connectivity index (χ1v) is 5.95. The van der Waals surface area contributed by atoms with Gasteiger partial charge in [0.05, 0.1) is 5.69 Å². The Morgan fingerprint density at radius 1 is 1.29 bits per heavy atom. The third-order valence-electron chi connectivity index (χ3n) is 2.51. The molecular weight excluding hydrogens is 278 g/mol. The number of nitrogens with two attached hydrogens (primary N) is 2. The molecule has 2 rings (SSSR count). The van der Waals surface area contributed by atoms with Gasteiger partial charge in [0, 0.05) is 14.1 Å². The van der Waals surface area contributed by atoms with Crippen molar-refractivity contribution in [1.29, 1.82) is 0 Å². The Labute approximate surface area is 120 Å². The summed E-state index contributed by atoms with van der Waals surface area (Å²) in [5.41, 5.74) is 11.5. The van der Waals surface area contributed by atoms with Crippen LogP contribution >= 0.6 is 0 Å². The number of ether oxygens (including phenoxy) is 1. The average Bonchev–Trinajstić information content (AvgIpc) is 2.75. The lowest BCUT2D eigenvalue weighted by molar-refractivity contribution is 0.0462. The Balaban J connectivity index is 2.11. The van der Waals surface area contributed by atoms with Crippen molar-refractivity contribution in [2.45, 2.75) is 13.5 Å². The monoisotopic (exact) mass is 293 g/mol. The van der Waals surface area contributed by atoms with Gasteiger partial charge in [-0.3, -0.25) is 0 Å². The molecule has 2 aromatic rings. The zero-order valence-electron chi connectivity index (χ0n) is 11.8. The molecule has 0 aromatic carbocycles. The summed E-state index contributed by atoms with van der Waals surface area (Å²) < 4.78 is 9.78. The van der Waals surface area contributed by atoms with Gasteiger partial charge in [0.2, 0.25) is 17.8 Å². The van der Waals surface area contributed by atoms with E-state index in [1.807, 2.05) is 0 Å². The van der Waals surface area contributed by atoms with Crippen molar-refractivity contribution in [1.82, 2.24) is 20.1 Å². The van der Waals surface area contributed by atoms with Crippen LogP contribution in [0.2, 0.25) is 0 Å². The molecular formula is C11H15N7O3. The van der Waals surface area contributed by atoms with E-state index in [4.69, 9.17) is 20.7 Å². The maximum atomic E-state index is 11.9. The summed E-state index contributed by atoms with van der Waals surface area (Å²) in [7, 11) is 3.51. The lowest BCUT2D eigenvalue weighted by Gasteiger charge is -2.11.